The van der Waals surface area contributed by atoms with Gasteiger partial charge in [0.25, 0.3) is 0 Å². The predicted molar refractivity (Wildman–Crippen MR) is 83.0 cm³/mol. The summed E-state index contributed by atoms with van der Waals surface area (Å²) in [5, 5.41) is 11.6. The Morgan fingerprint density at radius 3 is 2.05 bits per heavy atom. The quantitative estimate of drug-likeness (QED) is 0.375. The minimum Gasteiger partial charge on any atom is -0.409 e. The molecule has 2 aromatic carbocycles. The first-order chi connectivity index (χ1) is 9.74. The van der Waals surface area contributed by atoms with Crippen LogP contribution in [0.4, 0.5) is 0 Å². The number of amidine groups is 1. The average molecular weight is 268 g/mol. The summed E-state index contributed by atoms with van der Waals surface area (Å²) >= 11 is 0. The van der Waals surface area contributed by atoms with Crippen molar-refractivity contribution in [1.29, 1.82) is 0 Å². The summed E-state index contributed by atoms with van der Waals surface area (Å²) in [7, 11) is 0. The van der Waals surface area contributed by atoms with E-state index in [-0.39, 0.29) is 5.84 Å². The third-order valence-electron chi connectivity index (χ3n) is 3.39. The summed E-state index contributed by atoms with van der Waals surface area (Å²) in [6.45, 7) is 2.21. The minimum atomic E-state index is 0.131. The van der Waals surface area contributed by atoms with Crippen LogP contribution >= 0.6 is 0 Å². The van der Waals surface area contributed by atoms with Crippen LogP contribution in [0.5, 0.6) is 0 Å². The van der Waals surface area contributed by atoms with Gasteiger partial charge in [-0.05, 0) is 29.5 Å². The van der Waals surface area contributed by atoms with Crippen molar-refractivity contribution in [2.24, 2.45) is 10.9 Å². The number of unbranched alkanes of at least 4 members (excludes halogenated alkanes) is 1. The van der Waals surface area contributed by atoms with E-state index in [2.05, 4.69) is 36.3 Å². The topological polar surface area (TPSA) is 58.6 Å². The lowest BCUT2D eigenvalue weighted by molar-refractivity contribution is 0.318. The zero-order chi connectivity index (χ0) is 14.4. The van der Waals surface area contributed by atoms with Gasteiger partial charge in [-0.2, -0.15) is 0 Å². The van der Waals surface area contributed by atoms with E-state index < -0.39 is 0 Å². The highest BCUT2D eigenvalue weighted by Gasteiger charge is 2.01. The van der Waals surface area contributed by atoms with Crippen LogP contribution in [0.25, 0.3) is 11.1 Å². The van der Waals surface area contributed by atoms with Gasteiger partial charge in [0.15, 0.2) is 5.84 Å². The van der Waals surface area contributed by atoms with Crippen molar-refractivity contribution in [2.45, 2.75) is 26.2 Å². The number of nitrogens with zero attached hydrogens (tertiary/aromatic N) is 1. The van der Waals surface area contributed by atoms with E-state index in [9.17, 15) is 0 Å². The summed E-state index contributed by atoms with van der Waals surface area (Å²) in [6, 6.07) is 16.3. The van der Waals surface area contributed by atoms with Crippen LogP contribution in [0.3, 0.4) is 0 Å². The van der Waals surface area contributed by atoms with Crippen molar-refractivity contribution in [3.8, 4) is 11.1 Å². The summed E-state index contributed by atoms with van der Waals surface area (Å²) in [4.78, 5) is 0. The number of hydrogen-bond acceptors (Lipinski definition) is 2. The smallest absolute Gasteiger partial charge is 0.170 e. The molecule has 2 aromatic rings. The van der Waals surface area contributed by atoms with E-state index in [0.29, 0.717) is 0 Å². The first kappa shape index (κ1) is 14.1. The third-order valence-corrected chi connectivity index (χ3v) is 3.39. The van der Waals surface area contributed by atoms with Gasteiger partial charge in [0.2, 0.25) is 0 Å². The molecule has 0 radical (unpaired) electrons. The Kier molecular flexibility index (Phi) is 4.77. The van der Waals surface area contributed by atoms with Crippen molar-refractivity contribution >= 4 is 5.84 Å². The number of oxime groups is 1. The van der Waals surface area contributed by atoms with E-state index in [0.717, 1.165) is 17.5 Å². The monoisotopic (exact) mass is 268 g/mol. The normalized spacial score (nSPS) is 11.6. The standard InChI is InChI=1S/C17H20N2O/c1-2-3-4-13-5-7-14(8-6-13)15-9-11-16(12-10-15)17(18)19-20/h5-12,20H,2-4H2,1H3,(H2,18,19). The fraction of sp³-hybridized carbons (Fsp3) is 0.235. The van der Waals surface area contributed by atoms with Crippen molar-refractivity contribution in [3.63, 3.8) is 0 Å². The molecule has 0 bridgehead atoms. The van der Waals surface area contributed by atoms with E-state index >= 15 is 0 Å². The van der Waals surface area contributed by atoms with Gasteiger partial charge in [0.05, 0.1) is 0 Å². The van der Waals surface area contributed by atoms with Crippen LogP contribution in [0.15, 0.2) is 53.7 Å². The van der Waals surface area contributed by atoms with Crippen LogP contribution in [0.2, 0.25) is 0 Å². The third kappa shape index (κ3) is 3.38. The van der Waals surface area contributed by atoms with E-state index in [1.807, 2.05) is 24.3 Å². The molecule has 2 rings (SSSR count). The number of nitrogens with two attached hydrogens (primary N) is 1. The number of rotatable bonds is 5. The molecule has 0 heterocycles. The Bertz CT molecular complexity index is 571. The second-order valence-electron chi connectivity index (χ2n) is 4.86. The molecule has 20 heavy (non-hydrogen) atoms. The van der Waals surface area contributed by atoms with Crippen LogP contribution < -0.4 is 5.73 Å². The molecule has 0 unspecified atom stereocenters. The summed E-state index contributed by atoms with van der Waals surface area (Å²) in [5.74, 6) is 0.131. The number of hydrogen-bond donors (Lipinski definition) is 2. The maximum Gasteiger partial charge on any atom is 0.170 e. The molecular formula is C17H20N2O. The lowest BCUT2D eigenvalue weighted by atomic mass is 10.0. The van der Waals surface area contributed by atoms with Gasteiger partial charge < -0.3 is 10.9 Å². The molecule has 0 aromatic heterocycles. The lowest BCUT2D eigenvalue weighted by Crippen LogP contribution is -2.12. The Labute approximate surface area is 119 Å². The van der Waals surface area contributed by atoms with Gasteiger partial charge in [-0.25, -0.2) is 0 Å². The van der Waals surface area contributed by atoms with Crippen molar-refractivity contribution in [2.75, 3.05) is 0 Å². The molecule has 0 aliphatic heterocycles. The second-order valence-corrected chi connectivity index (χ2v) is 4.86. The molecule has 104 valence electrons. The van der Waals surface area contributed by atoms with Gasteiger partial charge in [-0.15, -0.1) is 0 Å². The molecule has 3 N–H and O–H groups in total. The molecule has 0 spiro atoms. The summed E-state index contributed by atoms with van der Waals surface area (Å²) in [6.07, 6.45) is 3.59. The average Bonchev–Trinajstić information content (AvgIpc) is 2.53. The van der Waals surface area contributed by atoms with Crippen LogP contribution in [0.1, 0.15) is 30.9 Å². The SMILES string of the molecule is CCCCc1ccc(-c2ccc(/C(N)=N/O)cc2)cc1. The minimum absolute atomic E-state index is 0.131. The highest BCUT2D eigenvalue weighted by Crippen LogP contribution is 2.21. The van der Waals surface area contributed by atoms with Crippen molar-refractivity contribution in [1.82, 2.24) is 0 Å². The maximum atomic E-state index is 8.64. The van der Waals surface area contributed by atoms with Crippen LogP contribution in [0, 0.1) is 0 Å². The van der Waals surface area contributed by atoms with Gasteiger partial charge >= 0.3 is 0 Å². The van der Waals surface area contributed by atoms with Crippen molar-refractivity contribution in [3.05, 3.63) is 59.7 Å². The molecule has 0 fully saturated rings. The van der Waals surface area contributed by atoms with Gasteiger partial charge in [0, 0.05) is 5.56 Å². The van der Waals surface area contributed by atoms with Crippen LogP contribution in [-0.4, -0.2) is 11.0 Å². The van der Waals surface area contributed by atoms with Gasteiger partial charge in [0.1, 0.15) is 0 Å². The van der Waals surface area contributed by atoms with Crippen molar-refractivity contribution < 1.29 is 5.21 Å². The maximum absolute atomic E-state index is 8.64. The molecular weight excluding hydrogens is 248 g/mol. The molecule has 3 heteroatoms. The lowest BCUT2D eigenvalue weighted by Gasteiger charge is -2.05. The van der Waals surface area contributed by atoms with Gasteiger partial charge in [-0.3, -0.25) is 0 Å². The highest BCUT2D eigenvalue weighted by atomic mass is 16.4. The first-order valence-corrected chi connectivity index (χ1v) is 6.92. The van der Waals surface area contributed by atoms with E-state index in [1.165, 1.54) is 24.0 Å². The number of aryl methyl sites for hydroxylation is 1. The fourth-order valence-electron chi connectivity index (χ4n) is 2.14. The molecule has 0 atom stereocenters. The molecule has 0 aliphatic carbocycles. The Balaban J connectivity index is 2.15. The van der Waals surface area contributed by atoms with E-state index in [1.54, 1.807) is 0 Å². The highest BCUT2D eigenvalue weighted by molar-refractivity contribution is 5.97. The Hall–Kier alpha value is -2.29. The Morgan fingerprint density at radius 2 is 1.55 bits per heavy atom. The second kappa shape index (κ2) is 6.75. The van der Waals surface area contributed by atoms with Gasteiger partial charge in [-0.1, -0.05) is 67.0 Å². The zero-order valence-corrected chi connectivity index (χ0v) is 11.7. The predicted octanol–water partition coefficient (Wildman–Crippen LogP) is 3.79. The molecule has 0 saturated heterocycles. The molecule has 0 aliphatic rings. The summed E-state index contributed by atoms with van der Waals surface area (Å²) in [5.41, 5.74) is 9.95. The largest absolute Gasteiger partial charge is 0.409 e. The van der Waals surface area contributed by atoms with E-state index in [4.69, 9.17) is 10.9 Å². The summed E-state index contributed by atoms with van der Waals surface area (Å²) < 4.78 is 0. The fourth-order valence-corrected chi connectivity index (χ4v) is 2.14. The Morgan fingerprint density at radius 1 is 1.00 bits per heavy atom. The first-order valence-electron chi connectivity index (χ1n) is 6.92. The molecule has 0 saturated carbocycles. The number of benzene rings is 2. The van der Waals surface area contributed by atoms with Crippen LogP contribution in [-0.2, 0) is 6.42 Å². The zero-order valence-electron chi connectivity index (χ0n) is 11.7. The molecule has 3 nitrogen and oxygen atoms in total. The molecule has 0 amide bonds.